The van der Waals surface area contributed by atoms with Crippen molar-refractivity contribution in [1.29, 1.82) is 0 Å². The molecule has 1 aromatic carbocycles. The number of aryl methyl sites for hydroxylation is 1. The lowest BCUT2D eigenvalue weighted by molar-refractivity contribution is 0.859. The van der Waals surface area contributed by atoms with Gasteiger partial charge in [0.15, 0.2) is 0 Å². The lowest BCUT2D eigenvalue weighted by Crippen LogP contribution is -2.19. The monoisotopic (exact) mass is 282 g/mol. The van der Waals surface area contributed by atoms with Gasteiger partial charge < -0.3 is 9.88 Å². The van der Waals surface area contributed by atoms with Crippen molar-refractivity contribution >= 4 is 28.9 Å². The third-order valence-electron chi connectivity index (χ3n) is 2.59. The number of anilines is 1. The zero-order valence-electron chi connectivity index (χ0n) is 9.78. The number of halogens is 2. The second kappa shape index (κ2) is 5.46. The minimum Gasteiger partial charge on any atom is -0.377 e. The van der Waals surface area contributed by atoms with Crippen molar-refractivity contribution in [3.05, 3.63) is 62.5 Å². The number of rotatable bonds is 3. The van der Waals surface area contributed by atoms with E-state index < -0.39 is 0 Å². The zero-order valence-corrected chi connectivity index (χ0v) is 11.3. The van der Waals surface area contributed by atoms with Crippen LogP contribution >= 0.6 is 23.2 Å². The fourth-order valence-electron chi connectivity index (χ4n) is 1.58. The lowest BCUT2D eigenvalue weighted by Gasteiger charge is -2.07. The van der Waals surface area contributed by atoms with E-state index in [1.807, 2.05) is 12.1 Å². The maximum Gasteiger partial charge on any atom is 0.273 e. The molecule has 1 aromatic heterocycles. The van der Waals surface area contributed by atoms with Crippen molar-refractivity contribution in [2.24, 2.45) is 7.05 Å². The van der Waals surface area contributed by atoms with E-state index in [2.05, 4.69) is 5.32 Å². The van der Waals surface area contributed by atoms with Gasteiger partial charge in [-0.05, 0) is 29.8 Å². The molecule has 0 spiro atoms. The molecule has 0 bridgehead atoms. The SMILES string of the molecule is Cn1cccc(NCc2ccc(Cl)c(Cl)c2)c1=O. The van der Waals surface area contributed by atoms with Gasteiger partial charge in [0.05, 0.1) is 10.0 Å². The fourth-order valence-corrected chi connectivity index (χ4v) is 1.90. The first kappa shape index (κ1) is 13.0. The maximum atomic E-state index is 11.8. The van der Waals surface area contributed by atoms with Gasteiger partial charge in [-0.3, -0.25) is 4.79 Å². The first-order chi connectivity index (χ1) is 8.58. The summed E-state index contributed by atoms with van der Waals surface area (Å²) in [6, 6.07) is 8.96. The molecule has 0 atom stereocenters. The van der Waals surface area contributed by atoms with Gasteiger partial charge in [0.1, 0.15) is 5.69 Å². The van der Waals surface area contributed by atoms with Crippen LogP contribution in [-0.4, -0.2) is 4.57 Å². The smallest absolute Gasteiger partial charge is 0.273 e. The summed E-state index contributed by atoms with van der Waals surface area (Å²) in [5, 5.41) is 4.12. The number of nitrogens with one attached hydrogen (secondary N) is 1. The van der Waals surface area contributed by atoms with E-state index in [-0.39, 0.29) is 5.56 Å². The largest absolute Gasteiger partial charge is 0.377 e. The molecule has 0 amide bonds. The van der Waals surface area contributed by atoms with Crippen LogP contribution in [0.2, 0.25) is 10.0 Å². The van der Waals surface area contributed by atoms with Crippen LogP contribution in [0.25, 0.3) is 0 Å². The molecule has 0 saturated heterocycles. The molecule has 2 rings (SSSR count). The van der Waals surface area contributed by atoms with Crippen LogP contribution < -0.4 is 10.9 Å². The summed E-state index contributed by atoms with van der Waals surface area (Å²) < 4.78 is 1.52. The van der Waals surface area contributed by atoms with Gasteiger partial charge in [-0.25, -0.2) is 0 Å². The summed E-state index contributed by atoms with van der Waals surface area (Å²) in [4.78, 5) is 11.8. The predicted octanol–water partition coefficient (Wildman–Crippen LogP) is 3.30. The number of pyridine rings is 1. The van der Waals surface area contributed by atoms with Crippen LogP contribution in [0.3, 0.4) is 0 Å². The number of hydrogen-bond donors (Lipinski definition) is 1. The van der Waals surface area contributed by atoms with Gasteiger partial charge in [-0.1, -0.05) is 29.3 Å². The first-order valence-electron chi connectivity index (χ1n) is 5.41. The fraction of sp³-hybridized carbons (Fsp3) is 0.154. The molecule has 0 unspecified atom stereocenters. The maximum absolute atomic E-state index is 11.8. The molecule has 0 aliphatic rings. The van der Waals surface area contributed by atoms with Gasteiger partial charge in [-0.15, -0.1) is 0 Å². The topological polar surface area (TPSA) is 34.0 Å². The Labute approximate surface area is 115 Å². The van der Waals surface area contributed by atoms with Gasteiger partial charge in [0, 0.05) is 19.8 Å². The van der Waals surface area contributed by atoms with E-state index in [1.54, 1.807) is 31.4 Å². The van der Waals surface area contributed by atoms with Crippen LogP contribution in [0, 0.1) is 0 Å². The first-order valence-corrected chi connectivity index (χ1v) is 6.17. The van der Waals surface area contributed by atoms with Crippen LogP contribution in [0.4, 0.5) is 5.69 Å². The molecule has 5 heteroatoms. The molecule has 0 aliphatic carbocycles. The minimum atomic E-state index is -0.0578. The highest BCUT2D eigenvalue weighted by Gasteiger charge is 2.02. The van der Waals surface area contributed by atoms with Crippen molar-refractivity contribution in [1.82, 2.24) is 4.57 Å². The predicted molar refractivity (Wildman–Crippen MR) is 75.5 cm³/mol. The van der Waals surface area contributed by atoms with Gasteiger partial charge in [0.25, 0.3) is 5.56 Å². The van der Waals surface area contributed by atoms with Crippen LogP contribution in [-0.2, 0) is 13.6 Å². The molecule has 0 fully saturated rings. The van der Waals surface area contributed by atoms with Gasteiger partial charge in [-0.2, -0.15) is 0 Å². The molecule has 1 heterocycles. The molecule has 0 radical (unpaired) electrons. The van der Waals surface area contributed by atoms with E-state index in [0.29, 0.717) is 22.3 Å². The summed E-state index contributed by atoms with van der Waals surface area (Å²) >= 11 is 11.8. The van der Waals surface area contributed by atoms with Crippen molar-refractivity contribution in [3.63, 3.8) is 0 Å². The van der Waals surface area contributed by atoms with Crippen molar-refractivity contribution in [2.45, 2.75) is 6.54 Å². The molecule has 0 aliphatic heterocycles. The van der Waals surface area contributed by atoms with Crippen molar-refractivity contribution < 1.29 is 0 Å². The Morgan fingerprint density at radius 1 is 1.22 bits per heavy atom. The normalized spacial score (nSPS) is 10.4. The average Bonchev–Trinajstić information content (AvgIpc) is 2.35. The molecular weight excluding hydrogens is 271 g/mol. The molecule has 94 valence electrons. The summed E-state index contributed by atoms with van der Waals surface area (Å²) in [6.07, 6.45) is 1.71. The Morgan fingerprint density at radius 3 is 2.72 bits per heavy atom. The Morgan fingerprint density at radius 2 is 2.00 bits per heavy atom. The molecule has 1 N–H and O–H groups in total. The van der Waals surface area contributed by atoms with Gasteiger partial charge in [0.2, 0.25) is 0 Å². The third kappa shape index (κ3) is 2.86. The average molecular weight is 283 g/mol. The Bertz CT molecular complexity index is 623. The summed E-state index contributed by atoms with van der Waals surface area (Å²) in [6.45, 7) is 0.524. The second-order valence-electron chi connectivity index (χ2n) is 3.94. The van der Waals surface area contributed by atoms with E-state index in [0.717, 1.165) is 5.56 Å². The molecule has 0 saturated carbocycles. The molecule has 18 heavy (non-hydrogen) atoms. The third-order valence-corrected chi connectivity index (χ3v) is 3.33. The number of hydrogen-bond acceptors (Lipinski definition) is 2. The quantitative estimate of drug-likeness (QED) is 0.937. The summed E-state index contributed by atoms with van der Waals surface area (Å²) in [5.41, 5.74) is 1.47. The lowest BCUT2D eigenvalue weighted by atomic mass is 10.2. The summed E-state index contributed by atoms with van der Waals surface area (Å²) in [5.74, 6) is 0. The molecular formula is C13H12Cl2N2O. The Hall–Kier alpha value is -1.45. The number of nitrogens with zero attached hydrogens (tertiary/aromatic N) is 1. The van der Waals surface area contributed by atoms with Crippen LogP contribution in [0.5, 0.6) is 0 Å². The summed E-state index contributed by atoms with van der Waals surface area (Å²) in [7, 11) is 1.71. The van der Waals surface area contributed by atoms with Gasteiger partial charge >= 0.3 is 0 Å². The highest BCUT2D eigenvalue weighted by molar-refractivity contribution is 6.42. The van der Waals surface area contributed by atoms with Crippen LogP contribution in [0.1, 0.15) is 5.56 Å². The highest BCUT2D eigenvalue weighted by Crippen LogP contribution is 2.22. The number of benzene rings is 1. The molecule has 2 aromatic rings. The van der Waals surface area contributed by atoms with E-state index in [1.165, 1.54) is 4.57 Å². The van der Waals surface area contributed by atoms with E-state index in [4.69, 9.17) is 23.2 Å². The second-order valence-corrected chi connectivity index (χ2v) is 4.75. The zero-order chi connectivity index (χ0) is 13.1. The van der Waals surface area contributed by atoms with E-state index in [9.17, 15) is 4.79 Å². The number of aromatic nitrogens is 1. The Balaban J connectivity index is 2.14. The van der Waals surface area contributed by atoms with Crippen molar-refractivity contribution in [3.8, 4) is 0 Å². The Kier molecular flexibility index (Phi) is 3.94. The van der Waals surface area contributed by atoms with E-state index >= 15 is 0 Å². The standard InChI is InChI=1S/C13H12Cl2N2O/c1-17-6-2-3-12(13(17)18)16-8-9-4-5-10(14)11(15)7-9/h2-7,16H,8H2,1H3. The highest BCUT2D eigenvalue weighted by atomic mass is 35.5. The molecule has 3 nitrogen and oxygen atoms in total. The van der Waals surface area contributed by atoms with Crippen molar-refractivity contribution in [2.75, 3.05) is 5.32 Å². The van der Waals surface area contributed by atoms with Crippen LogP contribution in [0.15, 0.2) is 41.3 Å². The minimum absolute atomic E-state index is 0.0578.